The van der Waals surface area contributed by atoms with Gasteiger partial charge in [0.25, 0.3) is 5.69 Å². The van der Waals surface area contributed by atoms with Gasteiger partial charge in [0, 0.05) is 41.2 Å². The first-order valence-electron chi connectivity index (χ1n) is 7.97. The lowest BCUT2D eigenvalue weighted by atomic mass is 9.79. The van der Waals surface area contributed by atoms with E-state index >= 15 is 0 Å². The van der Waals surface area contributed by atoms with Crippen LogP contribution >= 0.6 is 0 Å². The highest BCUT2D eigenvalue weighted by molar-refractivity contribution is 5.96. The Hall–Kier alpha value is -3.48. The highest BCUT2D eigenvalue weighted by atomic mass is 16.6. The molecule has 0 saturated carbocycles. The van der Waals surface area contributed by atoms with Crippen LogP contribution in [0.1, 0.15) is 31.0 Å². The smallest absolute Gasteiger partial charge is 0.334 e. The molecule has 1 aliphatic rings. The van der Waals surface area contributed by atoms with Crippen LogP contribution in [0.4, 0.5) is 5.69 Å². The third-order valence-electron chi connectivity index (χ3n) is 4.35. The Kier molecular flexibility index (Phi) is 4.53. The predicted molar refractivity (Wildman–Crippen MR) is 96.1 cm³/mol. The lowest BCUT2D eigenvalue weighted by Crippen LogP contribution is -2.27. The molecule has 7 heteroatoms. The van der Waals surface area contributed by atoms with Gasteiger partial charge in [-0.15, -0.1) is 0 Å². The number of nitrogens with one attached hydrogen (secondary N) is 1. The van der Waals surface area contributed by atoms with Crippen LogP contribution in [0.5, 0.6) is 0 Å². The summed E-state index contributed by atoms with van der Waals surface area (Å²) in [6.45, 7) is 3.53. The second-order valence-electron chi connectivity index (χ2n) is 6.01. The molecule has 2 heterocycles. The SMILES string of the molecule is CC1=C(C(=O)O)C(c2cccc([N+](=O)[O-])c2)C(c2ccccn2)=C(C)N1. The first kappa shape index (κ1) is 17.3. The number of carboxylic acids is 1. The van der Waals surface area contributed by atoms with Crippen LogP contribution in [0.15, 0.2) is 65.6 Å². The van der Waals surface area contributed by atoms with E-state index in [1.165, 1.54) is 12.1 Å². The highest BCUT2D eigenvalue weighted by Gasteiger charge is 2.34. The minimum absolute atomic E-state index is 0.0820. The molecule has 1 aromatic carbocycles. The van der Waals surface area contributed by atoms with Crippen LogP contribution in [-0.2, 0) is 4.79 Å². The van der Waals surface area contributed by atoms with Gasteiger partial charge in [0.2, 0.25) is 0 Å². The Bertz CT molecular complexity index is 948. The number of hydrogen-bond donors (Lipinski definition) is 2. The van der Waals surface area contributed by atoms with E-state index in [-0.39, 0.29) is 11.3 Å². The van der Waals surface area contributed by atoms with Crippen LogP contribution in [0.3, 0.4) is 0 Å². The second-order valence-corrected chi connectivity index (χ2v) is 6.01. The fourth-order valence-electron chi connectivity index (χ4n) is 3.29. The molecule has 1 aliphatic heterocycles. The quantitative estimate of drug-likeness (QED) is 0.645. The fraction of sp³-hybridized carbons (Fsp3) is 0.158. The number of benzene rings is 1. The van der Waals surface area contributed by atoms with Crippen LogP contribution in [0.25, 0.3) is 5.57 Å². The summed E-state index contributed by atoms with van der Waals surface area (Å²) < 4.78 is 0. The average molecular weight is 351 g/mol. The summed E-state index contributed by atoms with van der Waals surface area (Å²) in [6.07, 6.45) is 1.63. The molecule has 0 spiro atoms. The van der Waals surface area contributed by atoms with Crippen molar-refractivity contribution < 1.29 is 14.8 Å². The Morgan fingerprint density at radius 3 is 2.58 bits per heavy atom. The van der Waals surface area contributed by atoms with Crippen LogP contribution in [-0.4, -0.2) is 21.0 Å². The van der Waals surface area contributed by atoms with Gasteiger partial charge in [-0.2, -0.15) is 0 Å². The number of non-ortho nitro benzene ring substituents is 1. The lowest BCUT2D eigenvalue weighted by molar-refractivity contribution is -0.384. The number of pyridine rings is 1. The fourth-order valence-corrected chi connectivity index (χ4v) is 3.29. The zero-order valence-corrected chi connectivity index (χ0v) is 14.3. The molecule has 0 radical (unpaired) electrons. The van der Waals surface area contributed by atoms with Crippen molar-refractivity contribution in [3.8, 4) is 0 Å². The molecule has 1 unspecified atom stereocenters. The van der Waals surface area contributed by atoms with Gasteiger partial charge < -0.3 is 10.4 Å². The maximum atomic E-state index is 12.0. The van der Waals surface area contributed by atoms with Crippen molar-refractivity contribution in [3.05, 3.63) is 87.0 Å². The van der Waals surface area contributed by atoms with Crippen LogP contribution in [0, 0.1) is 10.1 Å². The third-order valence-corrected chi connectivity index (χ3v) is 4.35. The van der Waals surface area contributed by atoms with E-state index in [0.29, 0.717) is 22.5 Å². The number of carboxylic acid groups (broad SMARTS) is 1. The normalized spacial score (nSPS) is 17.1. The molecule has 3 rings (SSSR count). The van der Waals surface area contributed by atoms with Crippen molar-refractivity contribution in [2.24, 2.45) is 0 Å². The standard InChI is InChI=1S/C19H17N3O4/c1-11-16(15-8-3-4-9-20-15)18(17(19(23)24)12(2)21-11)13-6-5-7-14(10-13)22(25)26/h3-10,18,21H,1-2H3,(H,23,24). The molecule has 7 nitrogen and oxygen atoms in total. The summed E-state index contributed by atoms with van der Waals surface area (Å²) in [7, 11) is 0. The Labute approximate surface area is 149 Å². The van der Waals surface area contributed by atoms with E-state index in [0.717, 1.165) is 5.70 Å². The first-order chi connectivity index (χ1) is 12.4. The van der Waals surface area contributed by atoms with E-state index in [9.17, 15) is 20.0 Å². The number of aromatic nitrogens is 1. The number of nitrogens with zero attached hydrogens (tertiary/aromatic N) is 2. The maximum absolute atomic E-state index is 12.0. The minimum Gasteiger partial charge on any atom is -0.478 e. The van der Waals surface area contributed by atoms with Gasteiger partial charge >= 0.3 is 5.97 Å². The monoisotopic (exact) mass is 351 g/mol. The number of allylic oxidation sites excluding steroid dienone is 3. The van der Waals surface area contributed by atoms with Gasteiger partial charge in [-0.25, -0.2) is 4.79 Å². The van der Waals surface area contributed by atoms with E-state index in [2.05, 4.69) is 10.3 Å². The molecular weight excluding hydrogens is 334 g/mol. The van der Waals surface area contributed by atoms with Crippen LogP contribution < -0.4 is 5.32 Å². The summed E-state index contributed by atoms with van der Waals surface area (Å²) >= 11 is 0. The van der Waals surface area contributed by atoms with Gasteiger partial charge in [0.05, 0.1) is 16.2 Å². The van der Waals surface area contributed by atoms with Crippen molar-refractivity contribution in [3.63, 3.8) is 0 Å². The largest absolute Gasteiger partial charge is 0.478 e. The molecule has 0 amide bonds. The summed E-state index contributed by atoms with van der Waals surface area (Å²) in [6, 6.07) is 11.5. The Morgan fingerprint density at radius 2 is 1.96 bits per heavy atom. The predicted octanol–water partition coefficient (Wildman–Crippen LogP) is 3.47. The first-order valence-corrected chi connectivity index (χ1v) is 7.97. The molecule has 0 aliphatic carbocycles. The molecule has 0 bridgehead atoms. The summed E-state index contributed by atoms with van der Waals surface area (Å²) in [5.74, 6) is -1.74. The third kappa shape index (κ3) is 3.06. The van der Waals surface area contributed by atoms with E-state index < -0.39 is 16.8 Å². The lowest BCUT2D eigenvalue weighted by Gasteiger charge is -2.30. The number of carbonyl (C=O) groups is 1. The van der Waals surface area contributed by atoms with Gasteiger partial charge in [-0.1, -0.05) is 18.2 Å². The molecule has 132 valence electrons. The van der Waals surface area contributed by atoms with Crippen molar-refractivity contribution in [2.75, 3.05) is 0 Å². The minimum atomic E-state index is -1.08. The molecule has 2 aromatic rings. The highest BCUT2D eigenvalue weighted by Crippen LogP contribution is 2.43. The van der Waals surface area contributed by atoms with Gasteiger partial charge in [0.1, 0.15) is 0 Å². The number of nitro groups is 1. The zero-order valence-electron chi connectivity index (χ0n) is 14.3. The maximum Gasteiger partial charge on any atom is 0.334 e. The van der Waals surface area contributed by atoms with Gasteiger partial charge in [-0.05, 0) is 31.5 Å². The Morgan fingerprint density at radius 1 is 1.19 bits per heavy atom. The van der Waals surface area contributed by atoms with Crippen molar-refractivity contribution >= 4 is 17.2 Å². The topological polar surface area (TPSA) is 105 Å². The second kappa shape index (κ2) is 6.79. The molecular formula is C19H17N3O4. The van der Waals surface area contributed by atoms with Gasteiger partial charge in [0.15, 0.2) is 0 Å². The number of dihydropyridines is 1. The number of rotatable bonds is 4. The van der Waals surface area contributed by atoms with Crippen molar-refractivity contribution in [2.45, 2.75) is 19.8 Å². The molecule has 0 fully saturated rings. The summed E-state index contributed by atoms with van der Waals surface area (Å²) in [5, 5.41) is 24.1. The molecule has 2 N–H and O–H groups in total. The summed E-state index contributed by atoms with van der Waals surface area (Å²) in [5.41, 5.74) is 3.19. The van der Waals surface area contributed by atoms with Crippen molar-refractivity contribution in [1.82, 2.24) is 10.3 Å². The number of hydrogen-bond acceptors (Lipinski definition) is 5. The summed E-state index contributed by atoms with van der Waals surface area (Å²) in [4.78, 5) is 27.0. The van der Waals surface area contributed by atoms with E-state index in [1.54, 1.807) is 37.4 Å². The number of nitro benzene ring substituents is 1. The van der Waals surface area contributed by atoms with Gasteiger partial charge in [-0.3, -0.25) is 15.1 Å². The van der Waals surface area contributed by atoms with E-state index in [1.807, 2.05) is 13.0 Å². The number of aliphatic carboxylic acids is 1. The van der Waals surface area contributed by atoms with E-state index in [4.69, 9.17) is 0 Å². The molecule has 1 atom stereocenters. The van der Waals surface area contributed by atoms with Crippen molar-refractivity contribution in [1.29, 1.82) is 0 Å². The Balaban J connectivity index is 2.26. The molecule has 0 saturated heterocycles. The zero-order chi connectivity index (χ0) is 18.8. The van der Waals surface area contributed by atoms with Crippen LogP contribution in [0.2, 0.25) is 0 Å². The molecule has 26 heavy (non-hydrogen) atoms. The molecule has 1 aromatic heterocycles. The average Bonchev–Trinajstić information content (AvgIpc) is 2.61.